The molecule has 2 rings (SSSR count). The molecule has 0 fully saturated rings. The van der Waals surface area contributed by atoms with Gasteiger partial charge in [-0.25, -0.2) is 4.39 Å². The van der Waals surface area contributed by atoms with Crippen molar-refractivity contribution in [3.63, 3.8) is 0 Å². The van der Waals surface area contributed by atoms with E-state index in [1.54, 1.807) is 24.3 Å². The topological polar surface area (TPSA) is 64.7 Å². The van der Waals surface area contributed by atoms with Crippen LogP contribution in [-0.4, -0.2) is 11.1 Å². The maximum atomic E-state index is 13.5. The molecule has 0 aliphatic carbocycles. The first kappa shape index (κ1) is 15.1. The van der Waals surface area contributed by atoms with Crippen LogP contribution in [0.3, 0.4) is 0 Å². The van der Waals surface area contributed by atoms with Crippen LogP contribution in [0.4, 0.5) is 10.1 Å². The van der Waals surface area contributed by atoms with Gasteiger partial charge >= 0.3 is 0 Å². The lowest BCUT2D eigenvalue weighted by Gasteiger charge is -2.02. The third kappa shape index (κ3) is 4.35. The van der Waals surface area contributed by atoms with E-state index in [1.807, 2.05) is 0 Å². The molecular weight excluding hydrogens is 343 g/mol. The number of hydrogen-bond acceptors (Lipinski definition) is 4. The fourth-order valence-electron chi connectivity index (χ4n) is 1.56. The van der Waals surface area contributed by atoms with Crippen LogP contribution in [-0.2, 0) is 11.4 Å². The lowest BCUT2D eigenvalue weighted by molar-refractivity contribution is -0.384. The normalized spacial score (nSPS) is 10.8. The molecule has 0 aromatic heterocycles. The Morgan fingerprint density at radius 3 is 2.86 bits per heavy atom. The Bertz CT molecular complexity index is 692. The molecule has 0 spiro atoms. The van der Waals surface area contributed by atoms with E-state index in [0.29, 0.717) is 15.6 Å². The van der Waals surface area contributed by atoms with Crippen LogP contribution in [0, 0.1) is 15.9 Å². The quantitative estimate of drug-likeness (QED) is 0.463. The van der Waals surface area contributed by atoms with E-state index >= 15 is 0 Å². The predicted molar refractivity (Wildman–Crippen MR) is 79.6 cm³/mol. The van der Waals surface area contributed by atoms with Gasteiger partial charge in [-0.1, -0.05) is 39.3 Å². The highest BCUT2D eigenvalue weighted by Crippen LogP contribution is 2.16. The van der Waals surface area contributed by atoms with Gasteiger partial charge in [-0.2, -0.15) is 0 Å². The summed E-state index contributed by atoms with van der Waals surface area (Å²) >= 11 is 3.16. The van der Waals surface area contributed by atoms with Gasteiger partial charge in [0.05, 0.1) is 11.1 Å². The van der Waals surface area contributed by atoms with Crippen molar-refractivity contribution in [3.05, 3.63) is 74.0 Å². The number of rotatable bonds is 5. The van der Waals surface area contributed by atoms with Crippen molar-refractivity contribution >= 4 is 27.8 Å². The fourth-order valence-corrected chi connectivity index (χ4v) is 1.90. The van der Waals surface area contributed by atoms with Crippen LogP contribution in [0.5, 0.6) is 0 Å². The summed E-state index contributed by atoms with van der Waals surface area (Å²) in [6.45, 7) is -0.0233. The van der Waals surface area contributed by atoms with Crippen LogP contribution < -0.4 is 0 Å². The van der Waals surface area contributed by atoms with E-state index in [9.17, 15) is 14.5 Å². The van der Waals surface area contributed by atoms with E-state index in [-0.39, 0.29) is 12.3 Å². The maximum Gasteiger partial charge on any atom is 0.270 e. The van der Waals surface area contributed by atoms with Gasteiger partial charge in [0.1, 0.15) is 12.4 Å². The summed E-state index contributed by atoms with van der Waals surface area (Å²) in [7, 11) is 0. The van der Waals surface area contributed by atoms with Crippen LogP contribution in [0.2, 0.25) is 0 Å². The highest BCUT2D eigenvalue weighted by molar-refractivity contribution is 9.10. The minimum absolute atomic E-state index is 0.0233. The zero-order chi connectivity index (χ0) is 15.2. The van der Waals surface area contributed by atoms with Crippen LogP contribution >= 0.6 is 15.9 Å². The number of benzene rings is 2. The molecule has 108 valence electrons. The Balaban J connectivity index is 1.96. The lowest BCUT2D eigenvalue weighted by atomic mass is 10.2. The summed E-state index contributed by atoms with van der Waals surface area (Å²) in [4.78, 5) is 15.1. The maximum absolute atomic E-state index is 13.5. The molecule has 0 bridgehead atoms. The molecule has 7 heteroatoms. The summed E-state index contributed by atoms with van der Waals surface area (Å²) in [5.74, 6) is -0.394. The molecule has 0 heterocycles. The predicted octanol–water partition coefficient (Wildman–Crippen LogP) is 4.05. The minimum Gasteiger partial charge on any atom is -0.391 e. The van der Waals surface area contributed by atoms with Gasteiger partial charge in [-0.05, 0) is 12.1 Å². The van der Waals surface area contributed by atoms with Gasteiger partial charge in [0.25, 0.3) is 5.69 Å². The van der Waals surface area contributed by atoms with Crippen molar-refractivity contribution in [1.29, 1.82) is 0 Å². The Kier molecular flexibility index (Phi) is 4.99. The van der Waals surface area contributed by atoms with E-state index in [2.05, 4.69) is 21.1 Å². The average molecular weight is 353 g/mol. The molecule has 0 aliphatic rings. The van der Waals surface area contributed by atoms with Crippen molar-refractivity contribution < 1.29 is 14.2 Å². The van der Waals surface area contributed by atoms with Gasteiger partial charge in [0.15, 0.2) is 0 Å². The summed E-state index contributed by atoms with van der Waals surface area (Å²) in [5, 5.41) is 14.3. The molecule has 0 saturated carbocycles. The number of oxime groups is 1. The number of non-ortho nitro benzene ring substituents is 1. The molecular formula is C14H10BrFN2O3. The molecule has 21 heavy (non-hydrogen) atoms. The molecule has 0 N–H and O–H groups in total. The first-order chi connectivity index (χ1) is 10.1. The second-order valence-corrected chi connectivity index (χ2v) is 5.01. The second-order valence-electron chi connectivity index (χ2n) is 4.10. The monoisotopic (exact) mass is 352 g/mol. The summed E-state index contributed by atoms with van der Waals surface area (Å²) in [5.41, 5.74) is 0.868. The Labute approximate surface area is 128 Å². The van der Waals surface area contributed by atoms with E-state index in [4.69, 9.17) is 4.84 Å². The lowest BCUT2D eigenvalue weighted by Crippen LogP contribution is -1.93. The van der Waals surface area contributed by atoms with Crippen LogP contribution in [0.15, 0.2) is 52.1 Å². The van der Waals surface area contributed by atoms with Gasteiger partial charge < -0.3 is 4.84 Å². The SMILES string of the molecule is O=[N+]([O-])c1cccc(C=NOCc2ccc(Br)cc2F)c1. The fraction of sp³-hybridized carbons (Fsp3) is 0.0714. The smallest absolute Gasteiger partial charge is 0.270 e. The van der Waals surface area contributed by atoms with Crippen molar-refractivity contribution in [3.8, 4) is 0 Å². The number of nitrogens with zero attached hydrogens (tertiary/aromatic N) is 2. The number of nitro groups is 1. The van der Waals surface area contributed by atoms with Crippen LogP contribution in [0.1, 0.15) is 11.1 Å². The third-order valence-corrected chi connectivity index (χ3v) is 3.09. The van der Waals surface area contributed by atoms with Crippen molar-refractivity contribution in [1.82, 2.24) is 0 Å². The highest BCUT2D eigenvalue weighted by atomic mass is 79.9. The van der Waals surface area contributed by atoms with Crippen molar-refractivity contribution in [2.45, 2.75) is 6.61 Å². The van der Waals surface area contributed by atoms with Gasteiger partial charge in [0.2, 0.25) is 0 Å². The van der Waals surface area contributed by atoms with Crippen LogP contribution in [0.25, 0.3) is 0 Å². The molecule has 2 aromatic rings. The second kappa shape index (κ2) is 6.94. The first-order valence-corrected chi connectivity index (χ1v) is 6.69. The van der Waals surface area contributed by atoms with E-state index < -0.39 is 10.7 Å². The molecule has 2 aromatic carbocycles. The molecule has 0 unspecified atom stereocenters. The van der Waals surface area contributed by atoms with Gasteiger partial charge in [-0.3, -0.25) is 10.1 Å². The van der Waals surface area contributed by atoms with E-state index in [1.165, 1.54) is 24.4 Å². The molecule has 0 aliphatic heterocycles. The highest BCUT2D eigenvalue weighted by Gasteiger charge is 2.05. The molecule has 5 nitrogen and oxygen atoms in total. The summed E-state index contributed by atoms with van der Waals surface area (Å²) in [6, 6.07) is 10.6. The van der Waals surface area contributed by atoms with Crippen molar-refractivity contribution in [2.75, 3.05) is 0 Å². The zero-order valence-electron chi connectivity index (χ0n) is 10.7. The van der Waals surface area contributed by atoms with Gasteiger partial charge in [-0.15, -0.1) is 0 Å². The minimum atomic E-state index is -0.491. The number of hydrogen-bond donors (Lipinski definition) is 0. The standard InChI is InChI=1S/C14H10BrFN2O3/c15-12-5-4-11(14(16)7-12)9-21-17-8-10-2-1-3-13(6-10)18(19)20/h1-8H,9H2. The first-order valence-electron chi connectivity index (χ1n) is 5.90. The Morgan fingerprint density at radius 1 is 1.33 bits per heavy atom. The van der Waals surface area contributed by atoms with E-state index in [0.717, 1.165) is 0 Å². The molecule has 0 radical (unpaired) electrons. The Hall–Kier alpha value is -2.28. The zero-order valence-corrected chi connectivity index (χ0v) is 12.3. The van der Waals surface area contributed by atoms with Gasteiger partial charge in [0, 0.05) is 27.7 Å². The summed E-state index contributed by atoms with van der Waals surface area (Å²) < 4.78 is 14.1. The number of halogens is 2. The largest absolute Gasteiger partial charge is 0.391 e. The molecule has 0 amide bonds. The van der Waals surface area contributed by atoms with Crippen molar-refractivity contribution in [2.24, 2.45) is 5.16 Å². The Morgan fingerprint density at radius 2 is 2.14 bits per heavy atom. The number of nitro benzene ring substituents is 1. The summed E-state index contributed by atoms with van der Waals surface area (Å²) in [6.07, 6.45) is 1.34. The average Bonchev–Trinajstić information content (AvgIpc) is 2.45. The molecule has 0 saturated heterocycles. The third-order valence-electron chi connectivity index (χ3n) is 2.59. The molecule has 0 atom stereocenters.